The smallest absolute Gasteiger partial charge is 0.332 e. The third-order valence-electron chi connectivity index (χ3n) is 4.83. The highest BCUT2D eigenvalue weighted by molar-refractivity contribution is 5.79. The van der Waals surface area contributed by atoms with Crippen LogP contribution in [0.25, 0.3) is 11.0 Å². The predicted octanol–water partition coefficient (Wildman–Crippen LogP) is 1.26. The molecule has 4 rings (SSSR count). The summed E-state index contributed by atoms with van der Waals surface area (Å²) in [4.78, 5) is 38.6. The molecule has 2 aromatic heterocycles. The Morgan fingerprint density at radius 1 is 0.933 bits per heavy atom. The van der Waals surface area contributed by atoms with E-state index in [4.69, 9.17) is 0 Å². The molecule has 0 fully saturated rings. The minimum absolute atomic E-state index is 0.108. The number of rotatable bonds is 6. The number of carbonyl (C=O) groups is 1. The zero-order valence-corrected chi connectivity index (χ0v) is 16.5. The van der Waals surface area contributed by atoms with E-state index in [2.05, 4.69) is 10.4 Å². The van der Waals surface area contributed by atoms with Crippen molar-refractivity contribution in [2.24, 2.45) is 7.05 Å². The van der Waals surface area contributed by atoms with Crippen LogP contribution < -0.4 is 16.6 Å². The van der Waals surface area contributed by atoms with Crippen molar-refractivity contribution in [3.05, 3.63) is 98.8 Å². The molecule has 0 aliphatic heterocycles. The standard InChI is InChI=1S/C22H21N5O3/c1-25-14-18-20(24-25)21(29)27(13-17-10-6-3-7-11-17)22(30)26(18)15-19(28)23-12-16-8-4-2-5-9-16/h2-11,14H,12-13,15H2,1H3,(H,23,28). The van der Waals surface area contributed by atoms with Gasteiger partial charge in [-0.3, -0.25) is 23.4 Å². The van der Waals surface area contributed by atoms with E-state index in [-0.39, 0.29) is 24.5 Å². The Hall–Kier alpha value is -3.94. The molecule has 0 aliphatic rings. The quantitative estimate of drug-likeness (QED) is 0.525. The van der Waals surface area contributed by atoms with Crippen LogP contribution in [0.2, 0.25) is 0 Å². The number of nitrogens with zero attached hydrogens (tertiary/aromatic N) is 4. The molecule has 152 valence electrons. The van der Waals surface area contributed by atoms with E-state index >= 15 is 0 Å². The second-order valence-electron chi connectivity index (χ2n) is 7.04. The molecular weight excluding hydrogens is 382 g/mol. The number of amides is 1. The van der Waals surface area contributed by atoms with Crippen molar-refractivity contribution >= 4 is 16.9 Å². The highest BCUT2D eigenvalue weighted by Crippen LogP contribution is 2.07. The minimum atomic E-state index is -0.542. The van der Waals surface area contributed by atoms with Crippen LogP contribution in [0.4, 0.5) is 0 Å². The number of benzene rings is 2. The zero-order valence-electron chi connectivity index (χ0n) is 16.5. The monoisotopic (exact) mass is 403 g/mol. The average molecular weight is 403 g/mol. The molecule has 0 saturated carbocycles. The van der Waals surface area contributed by atoms with Crippen molar-refractivity contribution in [1.29, 1.82) is 0 Å². The SMILES string of the molecule is Cn1cc2c(n1)c(=O)n(Cc1ccccc1)c(=O)n2CC(=O)NCc1ccccc1. The van der Waals surface area contributed by atoms with Crippen LogP contribution in [-0.4, -0.2) is 24.8 Å². The molecule has 0 aliphatic carbocycles. The van der Waals surface area contributed by atoms with Crippen LogP contribution in [0.15, 0.2) is 76.4 Å². The van der Waals surface area contributed by atoms with Crippen molar-refractivity contribution < 1.29 is 4.79 Å². The zero-order chi connectivity index (χ0) is 21.1. The van der Waals surface area contributed by atoms with Gasteiger partial charge in [0.15, 0.2) is 5.52 Å². The molecule has 0 atom stereocenters. The number of aromatic nitrogens is 4. The Balaban J connectivity index is 1.68. The number of hydrogen-bond donors (Lipinski definition) is 1. The van der Waals surface area contributed by atoms with Gasteiger partial charge in [-0.15, -0.1) is 0 Å². The summed E-state index contributed by atoms with van der Waals surface area (Å²) in [5.41, 5.74) is 1.25. The van der Waals surface area contributed by atoms with Gasteiger partial charge in [0, 0.05) is 19.8 Å². The van der Waals surface area contributed by atoms with E-state index in [1.165, 1.54) is 9.25 Å². The maximum Gasteiger partial charge on any atom is 0.332 e. The Morgan fingerprint density at radius 2 is 1.57 bits per heavy atom. The molecule has 1 N–H and O–H groups in total. The molecule has 4 aromatic rings. The van der Waals surface area contributed by atoms with Crippen molar-refractivity contribution in [3.8, 4) is 0 Å². The number of aryl methyl sites for hydroxylation is 1. The molecular formula is C22H21N5O3. The van der Waals surface area contributed by atoms with Gasteiger partial charge in [-0.25, -0.2) is 4.79 Å². The molecule has 2 heterocycles. The summed E-state index contributed by atoms with van der Waals surface area (Å²) in [6.07, 6.45) is 1.58. The van der Waals surface area contributed by atoms with E-state index in [1.54, 1.807) is 13.2 Å². The first-order chi connectivity index (χ1) is 14.5. The van der Waals surface area contributed by atoms with Crippen LogP contribution in [0.5, 0.6) is 0 Å². The molecule has 0 bridgehead atoms. The normalized spacial score (nSPS) is 11.0. The lowest BCUT2D eigenvalue weighted by molar-refractivity contribution is -0.121. The Bertz CT molecular complexity index is 1300. The number of fused-ring (bicyclic) bond motifs is 1. The van der Waals surface area contributed by atoms with Gasteiger partial charge in [-0.2, -0.15) is 5.10 Å². The Morgan fingerprint density at radius 3 is 2.23 bits per heavy atom. The second-order valence-corrected chi connectivity index (χ2v) is 7.04. The number of nitrogens with one attached hydrogen (secondary N) is 1. The van der Waals surface area contributed by atoms with Gasteiger partial charge in [0.1, 0.15) is 6.54 Å². The molecule has 0 unspecified atom stereocenters. The van der Waals surface area contributed by atoms with Gasteiger partial charge in [0.25, 0.3) is 5.56 Å². The number of hydrogen-bond acceptors (Lipinski definition) is 4. The van der Waals surface area contributed by atoms with Crippen molar-refractivity contribution in [2.45, 2.75) is 19.6 Å². The summed E-state index contributed by atoms with van der Waals surface area (Å²) in [6, 6.07) is 18.7. The summed E-state index contributed by atoms with van der Waals surface area (Å²) in [5, 5.41) is 7.03. The van der Waals surface area contributed by atoms with Gasteiger partial charge >= 0.3 is 5.69 Å². The van der Waals surface area contributed by atoms with Gasteiger partial charge in [-0.1, -0.05) is 60.7 Å². The van der Waals surface area contributed by atoms with E-state index in [1.807, 2.05) is 60.7 Å². The fraction of sp³-hybridized carbons (Fsp3) is 0.182. The lowest BCUT2D eigenvalue weighted by Gasteiger charge is -2.12. The van der Waals surface area contributed by atoms with Crippen LogP contribution >= 0.6 is 0 Å². The van der Waals surface area contributed by atoms with Crippen LogP contribution in [0.1, 0.15) is 11.1 Å². The fourth-order valence-electron chi connectivity index (χ4n) is 3.34. The maximum atomic E-state index is 13.1. The topological polar surface area (TPSA) is 90.9 Å². The predicted molar refractivity (Wildman–Crippen MR) is 113 cm³/mol. The Labute approximate surface area is 172 Å². The van der Waals surface area contributed by atoms with Crippen LogP contribution in [-0.2, 0) is 31.5 Å². The largest absolute Gasteiger partial charge is 0.350 e. The average Bonchev–Trinajstić information content (AvgIpc) is 3.16. The first-order valence-corrected chi connectivity index (χ1v) is 9.54. The van der Waals surface area contributed by atoms with Gasteiger partial charge in [0.05, 0.1) is 12.1 Å². The van der Waals surface area contributed by atoms with Gasteiger partial charge in [-0.05, 0) is 11.1 Å². The summed E-state index contributed by atoms with van der Waals surface area (Å²) in [6.45, 7) is 0.258. The third kappa shape index (κ3) is 3.93. The molecule has 8 heteroatoms. The van der Waals surface area contributed by atoms with Crippen LogP contribution in [0, 0.1) is 0 Å². The molecule has 1 amide bonds. The first-order valence-electron chi connectivity index (χ1n) is 9.54. The lowest BCUT2D eigenvalue weighted by Crippen LogP contribution is -2.42. The molecule has 30 heavy (non-hydrogen) atoms. The molecule has 0 spiro atoms. The van der Waals surface area contributed by atoms with Crippen molar-refractivity contribution in [2.75, 3.05) is 0 Å². The lowest BCUT2D eigenvalue weighted by atomic mass is 10.2. The highest BCUT2D eigenvalue weighted by Gasteiger charge is 2.18. The minimum Gasteiger partial charge on any atom is -0.350 e. The summed E-state index contributed by atoms with van der Waals surface area (Å²) >= 11 is 0. The third-order valence-corrected chi connectivity index (χ3v) is 4.83. The summed E-state index contributed by atoms with van der Waals surface area (Å²) < 4.78 is 3.89. The summed E-state index contributed by atoms with van der Waals surface area (Å²) in [7, 11) is 1.67. The van der Waals surface area contributed by atoms with Gasteiger partial charge < -0.3 is 5.32 Å². The van der Waals surface area contributed by atoms with Crippen molar-refractivity contribution in [1.82, 2.24) is 24.2 Å². The fourth-order valence-corrected chi connectivity index (χ4v) is 3.34. The van der Waals surface area contributed by atoms with E-state index < -0.39 is 11.2 Å². The first kappa shape index (κ1) is 19.4. The van der Waals surface area contributed by atoms with Gasteiger partial charge in [0.2, 0.25) is 5.91 Å². The van der Waals surface area contributed by atoms with Crippen molar-refractivity contribution in [3.63, 3.8) is 0 Å². The highest BCUT2D eigenvalue weighted by atomic mass is 16.2. The second kappa shape index (κ2) is 8.20. The Kier molecular flexibility index (Phi) is 5.30. The molecule has 0 saturated heterocycles. The number of carbonyl (C=O) groups excluding carboxylic acids is 1. The van der Waals surface area contributed by atoms with E-state index in [9.17, 15) is 14.4 Å². The summed E-state index contributed by atoms with van der Waals surface area (Å²) in [5.74, 6) is -0.323. The van der Waals surface area contributed by atoms with E-state index in [0.717, 1.165) is 15.7 Å². The molecule has 2 aromatic carbocycles. The maximum absolute atomic E-state index is 13.1. The van der Waals surface area contributed by atoms with E-state index in [0.29, 0.717) is 12.1 Å². The van der Waals surface area contributed by atoms with Crippen LogP contribution in [0.3, 0.4) is 0 Å². The molecule has 0 radical (unpaired) electrons. The molecule has 8 nitrogen and oxygen atoms in total.